The van der Waals surface area contributed by atoms with Crippen LogP contribution in [0.1, 0.15) is 17.5 Å². The van der Waals surface area contributed by atoms with Crippen LogP contribution in [-0.2, 0) is 0 Å². The third-order valence-corrected chi connectivity index (χ3v) is 2.64. The van der Waals surface area contributed by atoms with E-state index in [4.69, 9.17) is 9.52 Å². The van der Waals surface area contributed by atoms with Crippen molar-refractivity contribution in [2.45, 2.75) is 6.92 Å². The molecule has 0 aliphatic heterocycles. The van der Waals surface area contributed by atoms with Gasteiger partial charge in [0.05, 0.1) is 0 Å². The molecule has 1 aromatic carbocycles. The maximum atomic E-state index is 13.4. The molecule has 0 unspecified atom stereocenters. The van der Waals surface area contributed by atoms with E-state index in [-0.39, 0.29) is 23.9 Å². The maximum absolute atomic E-state index is 13.4. The van der Waals surface area contributed by atoms with E-state index in [1.165, 1.54) is 12.1 Å². The summed E-state index contributed by atoms with van der Waals surface area (Å²) in [5, 5.41) is 12.0. The lowest BCUT2D eigenvalue weighted by atomic mass is 10.2. The summed E-state index contributed by atoms with van der Waals surface area (Å²) >= 11 is 0. The van der Waals surface area contributed by atoms with Crippen LogP contribution in [0.25, 0.3) is 11.0 Å². The van der Waals surface area contributed by atoms with Gasteiger partial charge in [0.1, 0.15) is 0 Å². The lowest BCUT2D eigenvalue weighted by molar-refractivity contribution is 0.0916. The van der Waals surface area contributed by atoms with Crippen LogP contribution in [0.5, 0.6) is 0 Å². The second-order valence-electron chi connectivity index (χ2n) is 4.27. The Bertz CT molecular complexity index is 564. The molecule has 2 N–H and O–H groups in total. The molecule has 2 rings (SSSR count). The molecule has 1 atom stereocenters. The zero-order valence-corrected chi connectivity index (χ0v) is 9.94. The molecule has 0 aliphatic rings. The fourth-order valence-electron chi connectivity index (χ4n) is 1.56. The Morgan fingerprint density at radius 3 is 3.00 bits per heavy atom. The number of hydrogen-bond donors (Lipinski definition) is 2. The van der Waals surface area contributed by atoms with E-state index < -0.39 is 11.7 Å². The molecule has 4 nitrogen and oxygen atoms in total. The van der Waals surface area contributed by atoms with Crippen LogP contribution in [0.2, 0.25) is 0 Å². The minimum absolute atomic E-state index is 0.00492. The highest BCUT2D eigenvalue weighted by Crippen LogP contribution is 2.21. The molecule has 5 heteroatoms. The van der Waals surface area contributed by atoms with Gasteiger partial charge in [-0.2, -0.15) is 0 Å². The van der Waals surface area contributed by atoms with Gasteiger partial charge < -0.3 is 14.8 Å². The van der Waals surface area contributed by atoms with Crippen molar-refractivity contribution in [3.8, 4) is 0 Å². The number of nitrogens with one attached hydrogen (secondary N) is 1. The third kappa shape index (κ3) is 2.51. The summed E-state index contributed by atoms with van der Waals surface area (Å²) in [7, 11) is 0. The summed E-state index contributed by atoms with van der Waals surface area (Å²) in [6.45, 7) is 2.14. The highest BCUT2D eigenvalue weighted by molar-refractivity contribution is 5.96. The number of aliphatic hydroxyl groups excluding tert-OH is 1. The Balaban J connectivity index is 2.16. The van der Waals surface area contributed by atoms with Crippen LogP contribution in [-0.4, -0.2) is 24.2 Å². The third-order valence-electron chi connectivity index (χ3n) is 2.64. The molecular weight excluding hydrogens is 237 g/mol. The van der Waals surface area contributed by atoms with Gasteiger partial charge in [-0.25, -0.2) is 4.39 Å². The number of aliphatic hydroxyl groups is 1. The van der Waals surface area contributed by atoms with E-state index in [0.717, 1.165) is 0 Å². The predicted octanol–water partition coefficient (Wildman–Crippen LogP) is 1.93. The molecule has 0 fully saturated rings. The molecule has 0 radical (unpaired) electrons. The average Bonchev–Trinajstić information content (AvgIpc) is 2.81. The van der Waals surface area contributed by atoms with Gasteiger partial charge >= 0.3 is 0 Å². The number of para-hydroxylation sites is 1. The van der Waals surface area contributed by atoms with Gasteiger partial charge in [-0.05, 0) is 18.1 Å². The van der Waals surface area contributed by atoms with Crippen molar-refractivity contribution < 1.29 is 18.7 Å². The molecular formula is C13H14FNO3. The summed E-state index contributed by atoms with van der Waals surface area (Å²) in [6.07, 6.45) is 0. The van der Waals surface area contributed by atoms with Crippen molar-refractivity contribution in [1.82, 2.24) is 5.32 Å². The Hall–Kier alpha value is -1.88. The number of rotatable bonds is 4. The Labute approximate surface area is 103 Å². The number of fused-ring (bicyclic) bond motifs is 1. The predicted molar refractivity (Wildman–Crippen MR) is 64.8 cm³/mol. The first-order valence-electron chi connectivity index (χ1n) is 5.69. The van der Waals surface area contributed by atoms with Crippen LogP contribution in [0.15, 0.2) is 28.7 Å². The molecule has 18 heavy (non-hydrogen) atoms. The van der Waals surface area contributed by atoms with Gasteiger partial charge in [0, 0.05) is 18.5 Å². The molecule has 1 amide bonds. The van der Waals surface area contributed by atoms with Gasteiger partial charge in [0.15, 0.2) is 17.2 Å². The van der Waals surface area contributed by atoms with Crippen molar-refractivity contribution >= 4 is 16.9 Å². The van der Waals surface area contributed by atoms with Crippen LogP contribution < -0.4 is 5.32 Å². The van der Waals surface area contributed by atoms with Crippen molar-refractivity contribution in [2.24, 2.45) is 5.92 Å². The molecule has 1 heterocycles. The summed E-state index contributed by atoms with van der Waals surface area (Å²) in [4.78, 5) is 11.7. The summed E-state index contributed by atoms with van der Waals surface area (Å²) < 4.78 is 18.6. The summed E-state index contributed by atoms with van der Waals surface area (Å²) in [5.74, 6) is -0.864. The van der Waals surface area contributed by atoms with Gasteiger partial charge in [-0.1, -0.05) is 19.1 Å². The number of carbonyl (C=O) groups excluding carboxylic acids is 1. The van der Waals surface area contributed by atoms with Crippen LogP contribution in [0, 0.1) is 11.7 Å². The summed E-state index contributed by atoms with van der Waals surface area (Å²) in [5.41, 5.74) is 0.0813. The minimum Gasteiger partial charge on any atom is -0.448 e. The minimum atomic E-state index is -0.490. The Morgan fingerprint density at radius 2 is 2.33 bits per heavy atom. The van der Waals surface area contributed by atoms with Crippen molar-refractivity contribution in [2.75, 3.05) is 13.2 Å². The van der Waals surface area contributed by atoms with Gasteiger partial charge in [0.2, 0.25) is 0 Å². The maximum Gasteiger partial charge on any atom is 0.287 e. The van der Waals surface area contributed by atoms with E-state index in [2.05, 4.69) is 5.32 Å². The van der Waals surface area contributed by atoms with E-state index in [9.17, 15) is 9.18 Å². The van der Waals surface area contributed by atoms with E-state index in [1.807, 2.05) is 0 Å². The number of benzene rings is 1. The standard InChI is InChI=1S/C13H14FNO3/c1-8(7-16)6-15-13(17)11-5-9-3-2-4-10(14)12(9)18-11/h2-5,8,16H,6-7H2,1H3,(H,15,17)/t8-/m1/s1. The molecule has 0 bridgehead atoms. The SMILES string of the molecule is C[C@@H](CO)CNC(=O)c1cc2cccc(F)c2o1. The fraction of sp³-hybridized carbons (Fsp3) is 0.308. The first kappa shape index (κ1) is 12.6. The smallest absolute Gasteiger partial charge is 0.287 e. The number of amides is 1. The first-order chi connectivity index (χ1) is 8.61. The average molecular weight is 251 g/mol. The van der Waals surface area contributed by atoms with Crippen molar-refractivity contribution in [3.63, 3.8) is 0 Å². The van der Waals surface area contributed by atoms with E-state index in [1.54, 1.807) is 19.1 Å². The van der Waals surface area contributed by atoms with Crippen LogP contribution >= 0.6 is 0 Å². The topological polar surface area (TPSA) is 62.5 Å². The highest BCUT2D eigenvalue weighted by atomic mass is 19.1. The molecule has 2 aromatic rings. The second-order valence-corrected chi connectivity index (χ2v) is 4.27. The van der Waals surface area contributed by atoms with Crippen LogP contribution in [0.4, 0.5) is 4.39 Å². The number of halogens is 1. The Morgan fingerprint density at radius 1 is 1.56 bits per heavy atom. The van der Waals surface area contributed by atoms with E-state index in [0.29, 0.717) is 11.9 Å². The normalized spacial score (nSPS) is 12.6. The number of furan rings is 1. The van der Waals surface area contributed by atoms with Crippen molar-refractivity contribution in [3.05, 3.63) is 35.8 Å². The number of carbonyl (C=O) groups is 1. The van der Waals surface area contributed by atoms with E-state index >= 15 is 0 Å². The highest BCUT2D eigenvalue weighted by Gasteiger charge is 2.14. The molecule has 0 saturated carbocycles. The molecule has 0 aliphatic carbocycles. The van der Waals surface area contributed by atoms with Gasteiger partial charge in [-0.3, -0.25) is 4.79 Å². The lowest BCUT2D eigenvalue weighted by Gasteiger charge is -2.07. The monoisotopic (exact) mass is 251 g/mol. The lowest BCUT2D eigenvalue weighted by Crippen LogP contribution is -2.29. The molecule has 0 spiro atoms. The quantitative estimate of drug-likeness (QED) is 0.872. The van der Waals surface area contributed by atoms with Gasteiger partial charge in [-0.15, -0.1) is 0 Å². The molecule has 96 valence electrons. The molecule has 1 aromatic heterocycles. The summed E-state index contributed by atoms with van der Waals surface area (Å²) in [6, 6.07) is 6.01. The number of hydrogen-bond acceptors (Lipinski definition) is 3. The first-order valence-corrected chi connectivity index (χ1v) is 5.69. The second kappa shape index (κ2) is 5.18. The van der Waals surface area contributed by atoms with Gasteiger partial charge in [0.25, 0.3) is 5.91 Å². The van der Waals surface area contributed by atoms with Crippen molar-refractivity contribution in [1.29, 1.82) is 0 Å². The zero-order chi connectivity index (χ0) is 13.1. The molecule has 0 saturated heterocycles. The largest absolute Gasteiger partial charge is 0.448 e. The fourth-order valence-corrected chi connectivity index (χ4v) is 1.56. The Kier molecular flexibility index (Phi) is 3.62. The van der Waals surface area contributed by atoms with Crippen LogP contribution in [0.3, 0.4) is 0 Å². The zero-order valence-electron chi connectivity index (χ0n) is 9.94.